The molecule has 146 valence electrons. The maximum Gasteiger partial charge on any atom is 0.240 e. The first-order valence-electron chi connectivity index (χ1n) is 8.35. The summed E-state index contributed by atoms with van der Waals surface area (Å²) in [6.07, 6.45) is 1.72. The molecule has 0 bridgehead atoms. The van der Waals surface area contributed by atoms with Gasteiger partial charge in [-0.05, 0) is 24.1 Å². The lowest BCUT2D eigenvalue weighted by atomic mass is 10.1. The predicted molar refractivity (Wildman–Crippen MR) is 105 cm³/mol. The molecule has 2 rings (SSSR count). The van der Waals surface area contributed by atoms with E-state index >= 15 is 0 Å². The Kier molecular flexibility index (Phi) is 7.06. The molecule has 0 aliphatic heterocycles. The molecule has 0 aliphatic rings. The van der Waals surface area contributed by atoms with Crippen LogP contribution in [0.2, 0.25) is 0 Å². The standard InChI is InChI=1S/C19H24N2O5S/c1-25-17-10-9-16(13-18(17)26-2)21(27(3,23)24)14-19(22)20-12-11-15-7-5-4-6-8-15/h4-10,13H,11-12,14H2,1-3H3,(H,20,22). The molecule has 2 aromatic rings. The van der Waals surface area contributed by atoms with Crippen LogP contribution in [0, 0.1) is 0 Å². The summed E-state index contributed by atoms with van der Waals surface area (Å²) in [6, 6.07) is 14.4. The van der Waals surface area contributed by atoms with Crippen molar-refractivity contribution in [3.63, 3.8) is 0 Å². The van der Waals surface area contributed by atoms with Crippen LogP contribution in [0.15, 0.2) is 48.5 Å². The van der Waals surface area contributed by atoms with Crippen molar-refractivity contribution >= 4 is 21.6 Å². The zero-order valence-electron chi connectivity index (χ0n) is 15.6. The van der Waals surface area contributed by atoms with E-state index in [-0.39, 0.29) is 12.5 Å². The fourth-order valence-electron chi connectivity index (χ4n) is 2.56. The maximum absolute atomic E-state index is 12.3. The molecule has 27 heavy (non-hydrogen) atoms. The Labute approximate surface area is 160 Å². The molecule has 0 heterocycles. The van der Waals surface area contributed by atoms with Gasteiger partial charge in [0.25, 0.3) is 0 Å². The molecule has 0 aliphatic carbocycles. The van der Waals surface area contributed by atoms with Crippen LogP contribution in [0.5, 0.6) is 11.5 Å². The van der Waals surface area contributed by atoms with Crippen LogP contribution in [-0.4, -0.2) is 47.9 Å². The van der Waals surface area contributed by atoms with Gasteiger partial charge < -0.3 is 14.8 Å². The van der Waals surface area contributed by atoms with Crippen molar-refractivity contribution in [3.05, 3.63) is 54.1 Å². The number of benzene rings is 2. The number of sulfonamides is 1. The van der Waals surface area contributed by atoms with Gasteiger partial charge in [0.05, 0.1) is 26.2 Å². The van der Waals surface area contributed by atoms with Crippen LogP contribution in [-0.2, 0) is 21.2 Å². The minimum atomic E-state index is -3.66. The van der Waals surface area contributed by atoms with Crippen LogP contribution in [0.1, 0.15) is 5.56 Å². The third kappa shape index (κ3) is 5.89. The van der Waals surface area contributed by atoms with Gasteiger partial charge in [-0.1, -0.05) is 30.3 Å². The van der Waals surface area contributed by atoms with Crippen LogP contribution < -0.4 is 19.1 Å². The maximum atomic E-state index is 12.3. The summed E-state index contributed by atoms with van der Waals surface area (Å²) in [5.41, 5.74) is 1.42. The first-order chi connectivity index (χ1) is 12.8. The molecular weight excluding hydrogens is 368 g/mol. The van der Waals surface area contributed by atoms with Gasteiger partial charge in [0.1, 0.15) is 6.54 Å². The Morgan fingerprint density at radius 1 is 1.04 bits per heavy atom. The van der Waals surface area contributed by atoms with E-state index in [2.05, 4.69) is 5.32 Å². The molecule has 0 aromatic heterocycles. The van der Waals surface area contributed by atoms with Crippen molar-refractivity contribution in [2.24, 2.45) is 0 Å². The Balaban J connectivity index is 2.07. The quantitative estimate of drug-likeness (QED) is 0.704. The first-order valence-corrected chi connectivity index (χ1v) is 10.2. The third-order valence-corrected chi connectivity index (χ3v) is 5.06. The predicted octanol–water partition coefficient (Wildman–Crippen LogP) is 1.83. The second-order valence-corrected chi connectivity index (χ2v) is 7.80. The van der Waals surface area contributed by atoms with E-state index in [9.17, 15) is 13.2 Å². The van der Waals surface area contributed by atoms with E-state index in [1.165, 1.54) is 20.3 Å². The largest absolute Gasteiger partial charge is 0.493 e. The highest BCUT2D eigenvalue weighted by Crippen LogP contribution is 2.32. The normalized spacial score (nSPS) is 10.9. The summed E-state index contributed by atoms with van der Waals surface area (Å²) in [5, 5.41) is 2.75. The molecule has 7 nitrogen and oxygen atoms in total. The molecule has 0 saturated carbocycles. The number of anilines is 1. The molecule has 8 heteroatoms. The van der Waals surface area contributed by atoms with Gasteiger partial charge >= 0.3 is 0 Å². The van der Waals surface area contributed by atoms with Gasteiger partial charge in [-0.25, -0.2) is 8.42 Å². The van der Waals surface area contributed by atoms with Gasteiger partial charge in [0, 0.05) is 12.6 Å². The first kappa shape index (κ1) is 20.6. The van der Waals surface area contributed by atoms with Crippen molar-refractivity contribution in [1.29, 1.82) is 0 Å². The Morgan fingerprint density at radius 2 is 1.70 bits per heavy atom. The monoisotopic (exact) mass is 392 g/mol. The lowest BCUT2D eigenvalue weighted by Crippen LogP contribution is -2.41. The second-order valence-electron chi connectivity index (χ2n) is 5.89. The third-order valence-electron chi connectivity index (χ3n) is 3.92. The van der Waals surface area contributed by atoms with Crippen molar-refractivity contribution < 1.29 is 22.7 Å². The van der Waals surface area contributed by atoms with Gasteiger partial charge in [-0.2, -0.15) is 0 Å². The number of methoxy groups -OCH3 is 2. The minimum absolute atomic E-state index is 0.316. The molecule has 1 N–H and O–H groups in total. The zero-order chi connectivity index (χ0) is 19.9. The summed E-state index contributed by atoms with van der Waals surface area (Å²) in [5.74, 6) is 0.473. The number of amides is 1. The smallest absolute Gasteiger partial charge is 0.240 e. The van der Waals surface area contributed by atoms with E-state index < -0.39 is 10.0 Å². The van der Waals surface area contributed by atoms with Gasteiger partial charge in [-0.3, -0.25) is 9.10 Å². The van der Waals surface area contributed by atoms with E-state index in [1.807, 2.05) is 30.3 Å². The molecule has 1 amide bonds. The van der Waals surface area contributed by atoms with E-state index in [4.69, 9.17) is 9.47 Å². The number of carbonyl (C=O) groups is 1. The molecule has 0 spiro atoms. The van der Waals surface area contributed by atoms with Crippen molar-refractivity contribution in [3.8, 4) is 11.5 Å². The fourth-order valence-corrected chi connectivity index (χ4v) is 3.41. The minimum Gasteiger partial charge on any atom is -0.493 e. The number of nitrogens with one attached hydrogen (secondary N) is 1. The topological polar surface area (TPSA) is 84.9 Å². The highest BCUT2D eigenvalue weighted by atomic mass is 32.2. The average molecular weight is 392 g/mol. The Morgan fingerprint density at radius 3 is 2.30 bits per heavy atom. The molecule has 0 radical (unpaired) electrons. The highest BCUT2D eigenvalue weighted by Gasteiger charge is 2.22. The van der Waals surface area contributed by atoms with E-state index in [0.29, 0.717) is 30.2 Å². The van der Waals surface area contributed by atoms with Gasteiger partial charge in [0.15, 0.2) is 11.5 Å². The van der Waals surface area contributed by atoms with E-state index in [0.717, 1.165) is 16.1 Å². The number of rotatable bonds is 9. The van der Waals surface area contributed by atoms with Crippen molar-refractivity contribution in [2.45, 2.75) is 6.42 Å². The summed E-state index contributed by atoms with van der Waals surface area (Å²) >= 11 is 0. The number of hydrogen-bond donors (Lipinski definition) is 1. The van der Waals surface area contributed by atoms with Gasteiger partial charge in [0.2, 0.25) is 15.9 Å². The van der Waals surface area contributed by atoms with E-state index in [1.54, 1.807) is 12.1 Å². The molecular formula is C19H24N2O5S. The summed E-state index contributed by atoms with van der Waals surface area (Å²) in [4.78, 5) is 12.3. The molecule has 0 fully saturated rings. The SMILES string of the molecule is COc1ccc(N(CC(=O)NCCc2ccccc2)S(C)(=O)=O)cc1OC. The lowest BCUT2D eigenvalue weighted by Gasteiger charge is -2.23. The molecule has 0 unspecified atom stereocenters. The summed E-state index contributed by atoms with van der Waals surface area (Å²) in [7, 11) is -0.706. The summed E-state index contributed by atoms with van der Waals surface area (Å²) < 4.78 is 35.8. The van der Waals surface area contributed by atoms with Crippen LogP contribution in [0.25, 0.3) is 0 Å². The lowest BCUT2D eigenvalue weighted by molar-refractivity contribution is -0.119. The molecule has 2 aromatic carbocycles. The van der Waals surface area contributed by atoms with Gasteiger partial charge in [-0.15, -0.1) is 0 Å². The zero-order valence-corrected chi connectivity index (χ0v) is 16.5. The number of carbonyl (C=O) groups excluding carboxylic acids is 1. The van der Waals surface area contributed by atoms with Crippen LogP contribution in [0.3, 0.4) is 0 Å². The Bertz CT molecular complexity index is 869. The number of nitrogens with zero attached hydrogens (tertiary/aromatic N) is 1. The second kappa shape index (κ2) is 9.27. The summed E-state index contributed by atoms with van der Waals surface area (Å²) in [6.45, 7) is 0.107. The highest BCUT2D eigenvalue weighted by molar-refractivity contribution is 7.92. The van der Waals surface area contributed by atoms with Crippen LogP contribution in [0.4, 0.5) is 5.69 Å². The van der Waals surface area contributed by atoms with Crippen molar-refractivity contribution in [2.75, 3.05) is 37.9 Å². The molecule has 0 saturated heterocycles. The molecule has 0 atom stereocenters. The van der Waals surface area contributed by atoms with Crippen molar-refractivity contribution in [1.82, 2.24) is 5.32 Å². The average Bonchev–Trinajstić information content (AvgIpc) is 2.65. The Hall–Kier alpha value is -2.74. The fraction of sp³-hybridized carbons (Fsp3) is 0.316. The van der Waals surface area contributed by atoms with Crippen LogP contribution >= 0.6 is 0 Å². The number of ether oxygens (including phenoxy) is 2. The number of hydrogen-bond acceptors (Lipinski definition) is 5.